The van der Waals surface area contributed by atoms with Crippen LogP contribution in [0.5, 0.6) is 0 Å². The third-order valence-electron chi connectivity index (χ3n) is 4.92. The standard InChI is InChI=1S/C17H31F3N4O2/c1-14(17(18,19)20)23-7-9-24(10-8-23)16(21-2)22-6-4-11-25-13-15-5-3-12-26-15/h14-15H,3-13H2,1-2H3,(H,21,22). The lowest BCUT2D eigenvalue weighted by molar-refractivity contribution is -0.181. The van der Waals surface area contributed by atoms with Gasteiger partial charge in [0.05, 0.1) is 12.7 Å². The molecule has 0 aromatic heterocycles. The Bertz CT molecular complexity index is 434. The second kappa shape index (κ2) is 10.3. The van der Waals surface area contributed by atoms with Gasteiger partial charge in [-0.2, -0.15) is 13.2 Å². The van der Waals surface area contributed by atoms with Gasteiger partial charge in [0.1, 0.15) is 6.04 Å². The second-order valence-corrected chi connectivity index (χ2v) is 6.78. The lowest BCUT2D eigenvalue weighted by Crippen LogP contribution is -2.56. The molecule has 0 bridgehead atoms. The van der Waals surface area contributed by atoms with Gasteiger partial charge in [0.2, 0.25) is 0 Å². The summed E-state index contributed by atoms with van der Waals surface area (Å²) in [6, 6.07) is -1.40. The average molecular weight is 380 g/mol. The number of hydrogen-bond acceptors (Lipinski definition) is 4. The first-order valence-electron chi connectivity index (χ1n) is 9.37. The van der Waals surface area contributed by atoms with Crippen LogP contribution in [0, 0.1) is 0 Å². The van der Waals surface area contributed by atoms with Crippen LogP contribution in [0.25, 0.3) is 0 Å². The third-order valence-corrected chi connectivity index (χ3v) is 4.92. The number of guanidine groups is 1. The first-order chi connectivity index (χ1) is 12.4. The summed E-state index contributed by atoms with van der Waals surface area (Å²) >= 11 is 0. The van der Waals surface area contributed by atoms with Crippen molar-refractivity contribution in [3.63, 3.8) is 0 Å². The number of hydrogen-bond donors (Lipinski definition) is 1. The summed E-state index contributed by atoms with van der Waals surface area (Å²) in [4.78, 5) is 7.72. The molecule has 2 unspecified atom stereocenters. The van der Waals surface area contributed by atoms with E-state index in [2.05, 4.69) is 10.3 Å². The molecule has 0 aromatic carbocycles. The Balaban J connectivity index is 1.60. The number of rotatable bonds is 7. The lowest BCUT2D eigenvalue weighted by atomic mass is 10.2. The number of alkyl halides is 3. The van der Waals surface area contributed by atoms with Crippen molar-refractivity contribution in [1.82, 2.24) is 15.1 Å². The fraction of sp³-hybridized carbons (Fsp3) is 0.941. The molecule has 0 amide bonds. The monoisotopic (exact) mass is 380 g/mol. The molecule has 2 aliphatic rings. The number of nitrogens with zero attached hydrogens (tertiary/aromatic N) is 3. The molecule has 0 aromatic rings. The van der Waals surface area contributed by atoms with Crippen molar-refractivity contribution in [1.29, 1.82) is 0 Å². The SMILES string of the molecule is CN=C(NCCCOCC1CCCO1)N1CCN(C(C)C(F)(F)F)CC1. The van der Waals surface area contributed by atoms with Crippen molar-refractivity contribution in [2.24, 2.45) is 4.99 Å². The summed E-state index contributed by atoms with van der Waals surface area (Å²) < 4.78 is 49.6. The molecule has 26 heavy (non-hydrogen) atoms. The topological polar surface area (TPSA) is 49.3 Å². The normalized spacial score (nSPS) is 24.1. The van der Waals surface area contributed by atoms with Crippen LogP contribution in [0.3, 0.4) is 0 Å². The largest absolute Gasteiger partial charge is 0.403 e. The van der Waals surface area contributed by atoms with Crippen molar-refractivity contribution in [2.45, 2.75) is 44.5 Å². The van der Waals surface area contributed by atoms with E-state index in [0.29, 0.717) is 39.4 Å². The first kappa shape index (κ1) is 21.2. The maximum Gasteiger partial charge on any atom is 0.403 e. The van der Waals surface area contributed by atoms with Crippen LogP contribution in [-0.4, -0.2) is 93.7 Å². The minimum Gasteiger partial charge on any atom is -0.379 e. The highest BCUT2D eigenvalue weighted by molar-refractivity contribution is 5.79. The van der Waals surface area contributed by atoms with E-state index in [9.17, 15) is 13.2 Å². The van der Waals surface area contributed by atoms with Crippen LogP contribution in [0.15, 0.2) is 4.99 Å². The van der Waals surface area contributed by atoms with Gasteiger partial charge in [-0.15, -0.1) is 0 Å². The Hall–Kier alpha value is -1.06. The Kier molecular flexibility index (Phi) is 8.43. The van der Waals surface area contributed by atoms with Crippen LogP contribution in [-0.2, 0) is 9.47 Å². The zero-order valence-corrected chi connectivity index (χ0v) is 15.7. The molecule has 2 saturated heterocycles. The van der Waals surface area contributed by atoms with Gasteiger partial charge < -0.3 is 19.7 Å². The molecule has 6 nitrogen and oxygen atoms in total. The van der Waals surface area contributed by atoms with Crippen molar-refractivity contribution in [3.8, 4) is 0 Å². The quantitative estimate of drug-likeness (QED) is 0.414. The van der Waals surface area contributed by atoms with Gasteiger partial charge in [-0.25, -0.2) is 0 Å². The Morgan fingerprint density at radius 3 is 2.62 bits per heavy atom. The smallest absolute Gasteiger partial charge is 0.379 e. The summed E-state index contributed by atoms with van der Waals surface area (Å²) in [5.41, 5.74) is 0. The van der Waals surface area contributed by atoms with Crippen LogP contribution < -0.4 is 5.32 Å². The van der Waals surface area contributed by atoms with E-state index >= 15 is 0 Å². The molecule has 0 aliphatic carbocycles. The van der Waals surface area contributed by atoms with Crippen LogP contribution >= 0.6 is 0 Å². The molecule has 2 aliphatic heterocycles. The predicted octanol–water partition coefficient (Wildman–Crippen LogP) is 1.72. The van der Waals surface area contributed by atoms with Gasteiger partial charge in [-0.05, 0) is 26.2 Å². The van der Waals surface area contributed by atoms with Gasteiger partial charge in [0.25, 0.3) is 0 Å². The minimum atomic E-state index is -4.17. The fourth-order valence-corrected chi connectivity index (χ4v) is 3.23. The van der Waals surface area contributed by atoms with E-state index < -0.39 is 12.2 Å². The molecular weight excluding hydrogens is 349 g/mol. The molecule has 0 spiro atoms. The number of piperazine rings is 1. The highest BCUT2D eigenvalue weighted by Gasteiger charge is 2.41. The second-order valence-electron chi connectivity index (χ2n) is 6.78. The number of nitrogens with one attached hydrogen (secondary N) is 1. The summed E-state index contributed by atoms with van der Waals surface area (Å²) in [5.74, 6) is 0.739. The van der Waals surface area contributed by atoms with Crippen molar-refractivity contribution >= 4 is 5.96 Å². The summed E-state index contributed by atoms with van der Waals surface area (Å²) in [6.45, 7) is 5.91. The molecule has 0 saturated carbocycles. The maximum absolute atomic E-state index is 12.8. The molecule has 152 valence electrons. The highest BCUT2D eigenvalue weighted by Crippen LogP contribution is 2.25. The van der Waals surface area contributed by atoms with Crippen molar-refractivity contribution in [3.05, 3.63) is 0 Å². The molecule has 1 N–H and O–H groups in total. The van der Waals surface area contributed by atoms with Gasteiger partial charge in [0.15, 0.2) is 5.96 Å². The summed E-state index contributed by atoms with van der Waals surface area (Å²) in [5, 5.41) is 3.27. The molecule has 2 fully saturated rings. The van der Waals surface area contributed by atoms with E-state index in [1.54, 1.807) is 7.05 Å². The highest BCUT2D eigenvalue weighted by atomic mass is 19.4. The van der Waals surface area contributed by atoms with E-state index in [1.807, 2.05) is 4.90 Å². The predicted molar refractivity (Wildman–Crippen MR) is 94.4 cm³/mol. The maximum atomic E-state index is 12.8. The van der Waals surface area contributed by atoms with E-state index in [-0.39, 0.29) is 6.10 Å². The van der Waals surface area contributed by atoms with Crippen molar-refractivity contribution < 1.29 is 22.6 Å². The van der Waals surface area contributed by atoms with E-state index in [0.717, 1.165) is 38.4 Å². The van der Waals surface area contributed by atoms with Crippen LogP contribution in [0.1, 0.15) is 26.2 Å². The average Bonchev–Trinajstić information content (AvgIpc) is 3.13. The molecule has 2 rings (SSSR count). The zero-order valence-electron chi connectivity index (χ0n) is 15.7. The Labute approximate surface area is 153 Å². The molecule has 2 heterocycles. The third kappa shape index (κ3) is 6.59. The summed E-state index contributed by atoms with van der Waals surface area (Å²) in [7, 11) is 1.70. The number of aliphatic imine (C=N–C) groups is 1. The van der Waals surface area contributed by atoms with E-state index in [4.69, 9.17) is 9.47 Å². The number of ether oxygens (including phenoxy) is 2. The van der Waals surface area contributed by atoms with Gasteiger partial charge in [0, 0.05) is 53.0 Å². The van der Waals surface area contributed by atoms with Crippen LogP contribution in [0.2, 0.25) is 0 Å². The minimum absolute atomic E-state index is 0.242. The van der Waals surface area contributed by atoms with Crippen molar-refractivity contribution in [2.75, 3.05) is 59.6 Å². The molecule has 0 radical (unpaired) electrons. The van der Waals surface area contributed by atoms with Gasteiger partial charge in [-0.3, -0.25) is 9.89 Å². The van der Waals surface area contributed by atoms with Crippen LogP contribution in [0.4, 0.5) is 13.2 Å². The number of halogens is 3. The fourth-order valence-electron chi connectivity index (χ4n) is 3.23. The first-order valence-corrected chi connectivity index (χ1v) is 9.37. The zero-order chi connectivity index (χ0) is 19.0. The lowest BCUT2D eigenvalue weighted by Gasteiger charge is -2.39. The van der Waals surface area contributed by atoms with Gasteiger partial charge >= 0.3 is 6.18 Å². The Morgan fingerprint density at radius 1 is 1.31 bits per heavy atom. The Morgan fingerprint density at radius 2 is 2.04 bits per heavy atom. The van der Waals surface area contributed by atoms with Gasteiger partial charge in [-0.1, -0.05) is 0 Å². The molecule has 2 atom stereocenters. The summed E-state index contributed by atoms with van der Waals surface area (Å²) in [6.07, 6.45) is -0.904. The molecule has 9 heteroatoms. The molecular formula is C17H31F3N4O2. The van der Waals surface area contributed by atoms with E-state index in [1.165, 1.54) is 11.8 Å².